The lowest BCUT2D eigenvalue weighted by atomic mass is 9.89. The maximum absolute atomic E-state index is 13.7. The maximum Gasteiger partial charge on any atom is 0.330 e. The van der Waals surface area contributed by atoms with Crippen molar-refractivity contribution in [2.75, 3.05) is 13.1 Å². The summed E-state index contributed by atoms with van der Waals surface area (Å²) in [5.74, 6) is -2.30. The molecule has 270 valence electrons. The molecule has 2 fully saturated rings. The molecule has 0 spiro atoms. The van der Waals surface area contributed by atoms with Crippen LogP contribution in [0.2, 0.25) is 0 Å². The van der Waals surface area contributed by atoms with Gasteiger partial charge in [0.05, 0.1) is 0 Å². The van der Waals surface area contributed by atoms with Crippen molar-refractivity contribution < 1.29 is 24.3 Å². The largest absolute Gasteiger partial charge is 0.479 e. The number of hydrogen-bond donors (Lipinski definition) is 5. The Morgan fingerprint density at radius 1 is 1.14 bits per heavy atom. The van der Waals surface area contributed by atoms with Crippen LogP contribution in [0.15, 0.2) is 78.1 Å². The minimum atomic E-state index is -1.38. The van der Waals surface area contributed by atoms with E-state index >= 15 is 0 Å². The number of nitrogens with zero attached hydrogens (tertiary/aromatic N) is 1. The van der Waals surface area contributed by atoms with Crippen LogP contribution >= 0.6 is 0 Å². The van der Waals surface area contributed by atoms with Gasteiger partial charge in [0.15, 0.2) is 5.43 Å². The number of carbonyl (C=O) groups is 4. The Morgan fingerprint density at radius 2 is 1.90 bits per heavy atom. The van der Waals surface area contributed by atoms with Crippen LogP contribution in [0.1, 0.15) is 71.3 Å². The molecule has 1 saturated carbocycles. The standard InChI is InChI=1S/C40H49N5O6/c1-5-7-16-31(36(48)45-21-12-17-33(45)35(47)44-40(37(49)50)24-28(40)6-2)43-38(51)41-25-39(3,4)20-11-13-26-18-19-30-29(22-26)34(46)23-32(42-30)27-14-9-8-10-15-27/h6,8-11,13-15,18-19,22-23,28,31,33H,2,5,7,12,16-17,20-21,24-25H2,1,3-4H3,(H,42,46)(H,44,47)(H,49,50)(H2,41,43,51)/b13-11+/t28-,31+,33+,40-/m1/s1. The summed E-state index contributed by atoms with van der Waals surface area (Å²) in [5, 5.41) is 18.8. The van der Waals surface area contributed by atoms with E-state index < -0.39 is 35.5 Å². The van der Waals surface area contributed by atoms with Crippen LogP contribution in [0.5, 0.6) is 0 Å². The second kappa shape index (κ2) is 15.8. The number of pyridine rings is 1. The van der Waals surface area contributed by atoms with Crippen molar-refractivity contribution >= 4 is 40.8 Å². The average Bonchev–Trinajstić information content (AvgIpc) is 3.61. The van der Waals surface area contributed by atoms with E-state index in [0.29, 0.717) is 50.6 Å². The first-order valence-corrected chi connectivity index (χ1v) is 17.8. The number of amides is 4. The molecule has 51 heavy (non-hydrogen) atoms. The molecule has 11 nitrogen and oxygen atoms in total. The first kappa shape index (κ1) is 37.1. The first-order chi connectivity index (χ1) is 24.4. The third kappa shape index (κ3) is 8.76. The van der Waals surface area contributed by atoms with Gasteiger partial charge in [0.1, 0.15) is 17.6 Å². The second-order valence-corrected chi connectivity index (χ2v) is 14.5. The number of aliphatic carboxylic acids is 1. The summed E-state index contributed by atoms with van der Waals surface area (Å²) in [6, 6.07) is 15.0. The van der Waals surface area contributed by atoms with Crippen LogP contribution in [0, 0.1) is 11.3 Å². The highest BCUT2D eigenvalue weighted by molar-refractivity contribution is 5.96. The predicted molar refractivity (Wildman–Crippen MR) is 199 cm³/mol. The molecule has 11 heteroatoms. The van der Waals surface area contributed by atoms with Gasteiger partial charge in [-0.15, -0.1) is 6.58 Å². The van der Waals surface area contributed by atoms with E-state index in [1.807, 2.05) is 81.5 Å². The highest BCUT2D eigenvalue weighted by Gasteiger charge is 2.61. The van der Waals surface area contributed by atoms with E-state index in [0.717, 1.165) is 28.8 Å². The lowest BCUT2D eigenvalue weighted by Crippen LogP contribution is -2.57. The number of unbranched alkanes of at least 4 members (excludes halogenated alkanes) is 1. The van der Waals surface area contributed by atoms with E-state index in [4.69, 9.17) is 0 Å². The molecule has 1 saturated heterocycles. The normalized spacial score (nSPS) is 20.6. The quantitative estimate of drug-likeness (QED) is 0.130. The van der Waals surface area contributed by atoms with Gasteiger partial charge in [0.25, 0.3) is 0 Å². The Hall–Kier alpha value is -5.19. The molecule has 0 bridgehead atoms. The van der Waals surface area contributed by atoms with Crippen molar-refractivity contribution in [3.63, 3.8) is 0 Å². The van der Waals surface area contributed by atoms with Crippen molar-refractivity contribution in [3.8, 4) is 11.3 Å². The molecule has 1 aliphatic heterocycles. The van der Waals surface area contributed by atoms with Gasteiger partial charge >= 0.3 is 12.0 Å². The number of benzene rings is 2. The fourth-order valence-corrected chi connectivity index (χ4v) is 6.74. The Bertz CT molecular complexity index is 1870. The van der Waals surface area contributed by atoms with Gasteiger partial charge in [-0.3, -0.25) is 14.4 Å². The van der Waals surface area contributed by atoms with Crippen molar-refractivity contribution in [2.45, 2.75) is 83.3 Å². The molecule has 0 unspecified atom stereocenters. The molecule has 4 atom stereocenters. The predicted octanol–water partition coefficient (Wildman–Crippen LogP) is 5.62. The summed E-state index contributed by atoms with van der Waals surface area (Å²) in [6.45, 7) is 10.4. The van der Waals surface area contributed by atoms with E-state index in [9.17, 15) is 29.1 Å². The van der Waals surface area contributed by atoms with Crippen LogP contribution in [0.4, 0.5) is 4.79 Å². The van der Waals surface area contributed by atoms with Gasteiger partial charge in [-0.05, 0) is 60.8 Å². The summed E-state index contributed by atoms with van der Waals surface area (Å²) < 4.78 is 0. The number of aromatic amines is 1. The first-order valence-electron chi connectivity index (χ1n) is 17.8. The fourth-order valence-electron chi connectivity index (χ4n) is 6.74. The molecule has 3 aromatic rings. The molecule has 1 aromatic heterocycles. The van der Waals surface area contributed by atoms with Crippen LogP contribution in [0.3, 0.4) is 0 Å². The van der Waals surface area contributed by atoms with Crippen molar-refractivity contribution in [1.29, 1.82) is 0 Å². The van der Waals surface area contributed by atoms with Gasteiger partial charge in [-0.1, -0.05) is 88.2 Å². The Morgan fingerprint density at radius 3 is 2.59 bits per heavy atom. The summed E-state index contributed by atoms with van der Waals surface area (Å²) in [4.78, 5) is 69.8. The Balaban J connectivity index is 1.16. The van der Waals surface area contributed by atoms with Crippen LogP contribution in [0.25, 0.3) is 28.2 Å². The Kier molecular flexibility index (Phi) is 11.5. The average molecular weight is 696 g/mol. The molecule has 2 aliphatic rings. The van der Waals surface area contributed by atoms with Gasteiger partial charge in [0, 0.05) is 41.7 Å². The molecule has 2 aromatic carbocycles. The fraction of sp³-hybridized carbons (Fsp3) is 0.425. The van der Waals surface area contributed by atoms with E-state index in [2.05, 4.69) is 27.5 Å². The van der Waals surface area contributed by atoms with E-state index in [1.165, 1.54) is 11.0 Å². The van der Waals surface area contributed by atoms with Gasteiger partial charge in [-0.25, -0.2) is 9.59 Å². The minimum Gasteiger partial charge on any atom is -0.479 e. The lowest BCUT2D eigenvalue weighted by molar-refractivity contribution is -0.145. The molecular formula is C40H49N5O6. The van der Waals surface area contributed by atoms with Gasteiger partial charge in [-0.2, -0.15) is 0 Å². The van der Waals surface area contributed by atoms with Crippen LogP contribution in [-0.2, 0) is 14.4 Å². The SMILES string of the molecule is C=C[C@@H]1C[C@]1(NC(=O)[C@@H]1CCCN1C(=O)[C@H](CCCC)NC(=O)NCC(C)(C)C/C=C/c1ccc2[nH]c(-c3ccccc3)cc(=O)c2c1)C(=O)O. The summed E-state index contributed by atoms with van der Waals surface area (Å²) in [7, 11) is 0. The number of H-pyrrole nitrogens is 1. The number of aromatic nitrogens is 1. The number of nitrogens with one attached hydrogen (secondary N) is 4. The van der Waals surface area contributed by atoms with Crippen molar-refractivity contribution in [1.82, 2.24) is 25.8 Å². The number of rotatable bonds is 15. The third-order valence-corrected chi connectivity index (χ3v) is 9.96. The molecule has 4 amide bonds. The van der Waals surface area contributed by atoms with E-state index in [1.54, 1.807) is 6.07 Å². The van der Waals surface area contributed by atoms with E-state index in [-0.39, 0.29) is 29.1 Å². The number of likely N-dealkylation sites (tertiary alicyclic amines) is 1. The second-order valence-electron chi connectivity index (χ2n) is 14.5. The monoisotopic (exact) mass is 695 g/mol. The molecule has 2 heterocycles. The van der Waals surface area contributed by atoms with Crippen LogP contribution < -0.4 is 21.4 Å². The zero-order valence-corrected chi connectivity index (χ0v) is 29.7. The number of carboxylic acids is 1. The number of allylic oxidation sites excluding steroid dienone is 1. The molecule has 5 rings (SSSR count). The summed E-state index contributed by atoms with van der Waals surface area (Å²) in [6.07, 6.45) is 9.39. The zero-order chi connectivity index (χ0) is 36.8. The lowest BCUT2D eigenvalue weighted by Gasteiger charge is -2.30. The minimum absolute atomic E-state index is 0.0564. The molecule has 1 aliphatic carbocycles. The van der Waals surface area contributed by atoms with Gasteiger partial charge in [0.2, 0.25) is 11.8 Å². The summed E-state index contributed by atoms with van der Waals surface area (Å²) in [5.41, 5.74) is 1.62. The van der Waals surface area contributed by atoms with Crippen molar-refractivity contribution in [3.05, 3.63) is 89.1 Å². The van der Waals surface area contributed by atoms with Crippen LogP contribution in [-0.4, -0.2) is 69.5 Å². The van der Waals surface area contributed by atoms with Gasteiger partial charge < -0.3 is 30.9 Å². The summed E-state index contributed by atoms with van der Waals surface area (Å²) >= 11 is 0. The number of urea groups is 1. The number of fused-ring (bicyclic) bond motifs is 1. The zero-order valence-electron chi connectivity index (χ0n) is 29.7. The Labute approximate surface area is 298 Å². The molecule has 5 N–H and O–H groups in total. The maximum atomic E-state index is 13.7. The smallest absolute Gasteiger partial charge is 0.330 e. The number of carboxylic acid groups (broad SMARTS) is 1. The highest BCUT2D eigenvalue weighted by Crippen LogP contribution is 2.45. The number of hydrogen-bond acceptors (Lipinski definition) is 5. The molecular weight excluding hydrogens is 646 g/mol. The number of carbonyl (C=O) groups excluding carboxylic acids is 3. The highest BCUT2D eigenvalue weighted by atomic mass is 16.4. The topological polar surface area (TPSA) is 161 Å². The third-order valence-electron chi connectivity index (χ3n) is 9.96. The van der Waals surface area contributed by atoms with Crippen molar-refractivity contribution in [2.24, 2.45) is 11.3 Å². The molecule has 0 radical (unpaired) electrons.